The number of ether oxygens (including phenoxy) is 1. The van der Waals surface area contributed by atoms with Crippen molar-refractivity contribution in [3.8, 4) is 0 Å². The molecule has 1 amide bonds. The Morgan fingerprint density at radius 2 is 2.39 bits per heavy atom. The van der Waals surface area contributed by atoms with Gasteiger partial charge in [0.2, 0.25) is 0 Å². The summed E-state index contributed by atoms with van der Waals surface area (Å²) in [6, 6.07) is 3.34. The highest BCUT2D eigenvalue weighted by Crippen LogP contribution is 2.23. The molecule has 1 aromatic heterocycles. The van der Waals surface area contributed by atoms with E-state index in [4.69, 9.17) is 4.74 Å². The van der Waals surface area contributed by atoms with E-state index in [0.717, 1.165) is 5.69 Å². The maximum atomic E-state index is 12.1. The molecule has 1 aliphatic heterocycles. The molecule has 1 atom stereocenters. The van der Waals surface area contributed by atoms with Crippen LogP contribution < -0.4 is 0 Å². The van der Waals surface area contributed by atoms with Crippen molar-refractivity contribution < 1.29 is 14.3 Å². The molecule has 5 heteroatoms. The fourth-order valence-electron chi connectivity index (χ4n) is 2.07. The Hall–Kier alpha value is -1.91. The molecule has 96 valence electrons. The zero-order valence-corrected chi connectivity index (χ0v) is 10.5. The van der Waals surface area contributed by atoms with Gasteiger partial charge in [0, 0.05) is 12.2 Å². The zero-order chi connectivity index (χ0) is 13.1. The third-order valence-corrected chi connectivity index (χ3v) is 3.00. The van der Waals surface area contributed by atoms with Crippen molar-refractivity contribution in [2.45, 2.75) is 32.9 Å². The number of hydrogen-bond donors (Lipinski definition) is 0. The first-order valence-corrected chi connectivity index (χ1v) is 6.04. The standard InChI is InChI=1S/C13H16N2O3/c1-3-18-12(16)7-9(2)15-8-11-10(13(15)17)5-4-6-14-11/h4-6,9H,3,7-8H2,1-2H3/t9-/m1/s1. The summed E-state index contributed by atoms with van der Waals surface area (Å²) in [5.74, 6) is -0.336. The zero-order valence-electron chi connectivity index (χ0n) is 10.5. The number of rotatable bonds is 4. The van der Waals surface area contributed by atoms with E-state index in [9.17, 15) is 9.59 Å². The summed E-state index contributed by atoms with van der Waals surface area (Å²) in [6.07, 6.45) is 1.89. The molecule has 0 aliphatic carbocycles. The summed E-state index contributed by atoms with van der Waals surface area (Å²) in [6.45, 7) is 4.45. The van der Waals surface area contributed by atoms with Crippen LogP contribution in [-0.2, 0) is 16.1 Å². The van der Waals surface area contributed by atoms with Gasteiger partial charge in [-0.05, 0) is 26.0 Å². The second-order valence-corrected chi connectivity index (χ2v) is 4.29. The molecule has 5 nitrogen and oxygen atoms in total. The van der Waals surface area contributed by atoms with Crippen molar-refractivity contribution in [2.75, 3.05) is 6.61 Å². The number of pyridine rings is 1. The molecule has 0 fully saturated rings. The maximum Gasteiger partial charge on any atom is 0.307 e. The van der Waals surface area contributed by atoms with Gasteiger partial charge in [-0.15, -0.1) is 0 Å². The van der Waals surface area contributed by atoms with Gasteiger partial charge < -0.3 is 9.64 Å². The minimum absolute atomic E-state index is 0.0603. The smallest absolute Gasteiger partial charge is 0.307 e. The minimum atomic E-state index is -0.276. The summed E-state index contributed by atoms with van der Waals surface area (Å²) in [5.41, 5.74) is 1.41. The second-order valence-electron chi connectivity index (χ2n) is 4.29. The van der Waals surface area contributed by atoms with E-state index in [1.807, 2.05) is 6.92 Å². The first kappa shape index (κ1) is 12.5. The molecule has 2 rings (SSSR count). The van der Waals surface area contributed by atoms with Crippen LogP contribution in [0.2, 0.25) is 0 Å². The van der Waals surface area contributed by atoms with E-state index in [1.54, 1.807) is 30.2 Å². The first-order valence-electron chi connectivity index (χ1n) is 6.04. The lowest BCUT2D eigenvalue weighted by atomic mass is 10.2. The van der Waals surface area contributed by atoms with Gasteiger partial charge in [0.05, 0.1) is 30.8 Å². The van der Waals surface area contributed by atoms with Gasteiger partial charge in [0.1, 0.15) is 0 Å². The molecule has 1 aromatic rings. The van der Waals surface area contributed by atoms with Crippen molar-refractivity contribution in [1.29, 1.82) is 0 Å². The molecular formula is C13H16N2O3. The van der Waals surface area contributed by atoms with E-state index in [-0.39, 0.29) is 24.3 Å². The van der Waals surface area contributed by atoms with Crippen LogP contribution in [0, 0.1) is 0 Å². The largest absolute Gasteiger partial charge is 0.466 e. The predicted octanol–water partition coefficient (Wildman–Crippen LogP) is 1.38. The Kier molecular flexibility index (Phi) is 3.60. The highest BCUT2D eigenvalue weighted by Gasteiger charge is 2.32. The molecular weight excluding hydrogens is 232 g/mol. The molecule has 0 saturated carbocycles. The lowest BCUT2D eigenvalue weighted by Gasteiger charge is -2.23. The highest BCUT2D eigenvalue weighted by molar-refractivity contribution is 5.98. The topological polar surface area (TPSA) is 59.5 Å². The normalized spacial score (nSPS) is 15.4. The Morgan fingerprint density at radius 3 is 3.06 bits per heavy atom. The van der Waals surface area contributed by atoms with Crippen LogP contribution in [0.25, 0.3) is 0 Å². The lowest BCUT2D eigenvalue weighted by Crippen LogP contribution is -2.35. The number of nitrogens with zero attached hydrogens (tertiary/aromatic N) is 2. The number of amides is 1. The molecule has 0 N–H and O–H groups in total. The van der Waals surface area contributed by atoms with Gasteiger partial charge in [0.15, 0.2) is 0 Å². The summed E-state index contributed by atoms with van der Waals surface area (Å²) in [5, 5.41) is 0. The van der Waals surface area contributed by atoms with Crippen LogP contribution in [0.15, 0.2) is 18.3 Å². The van der Waals surface area contributed by atoms with Gasteiger partial charge in [-0.25, -0.2) is 0 Å². The number of hydrogen-bond acceptors (Lipinski definition) is 4. The van der Waals surface area contributed by atoms with Crippen LogP contribution >= 0.6 is 0 Å². The van der Waals surface area contributed by atoms with Crippen LogP contribution in [0.5, 0.6) is 0 Å². The summed E-state index contributed by atoms with van der Waals surface area (Å²) in [4.78, 5) is 29.4. The van der Waals surface area contributed by atoms with E-state index < -0.39 is 0 Å². The van der Waals surface area contributed by atoms with Gasteiger partial charge in [-0.2, -0.15) is 0 Å². The average molecular weight is 248 g/mol. The number of carbonyl (C=O) groups is 2. The average Bonchev–Trinajstić information content (AvgIpc) is 2.68. The van der Waals surface area contributed by atoms with Crippen LogP contribution in [0.3, 0.4) is 0 Å². The third-order valence-electron chi connectivity index (χ3n) is 3.00. The number of esters is 1. The van der Waals surface area contributed by atoms with Crippen molar-refractivity contribution >= 4 is 11.9 Å². The van der Waals surface area contributed by atoms with Crippen molar-refractivity contribution in [3.63, 3.8) is 0 Å². The van der Waals surface area contributed by atoms with Crippen LogP contribution in [0.1, 0.15) is 36.3 Å². The molecule has 0 radical (unpaired) electrons. The van der Waals surface area contributed by atoms with Gasteiger partial charge in [0.25, 0.3) is 5.91 Å². The quantitative estimate of drug-likeness (QED) is 0.755. The molecule has 0 saturated heterocycles. The number of aromatic nitrogens is 1. The Labute approximate surface area is 106 Å². The molecule has 0 aromatic carbocycles. The van der Waals surface area contributed by atoms with E-state index >= 15 is 0 Å². The van der Waals surface area contributed by atoms with E-state index in [2.05, 4.69) is 4.98 Å². The second kappa shape index (κ2) is 5.16. The van der Waals surface area contributed by atoms with E-state index in [1.165, 1.54) is 0 Å². The Morgan fingerprint density at radius 1 is 1.61 bits per heavy atom. The van der Waals surface area contributed by atoms with Gasteiger partial charge in [-0.1, -0.05) is 0 Å². The molecule has 0 bridgehead atoms. The number of fused-ring (bicyclic) bond motifs is 1. The summed E-state index contributed by atoms with van der Waals surface area (Å²) in [7, 11) is 0. The van der Waals surface area contributed by atoms with Crippen molar-refractivity contribution in [1.82, 2.24) is 9.88 Å². The monoisotopic (exact) mass is 248 g/mol. The van der Waals surface area contributed by atoms with Crippen LogP contribution in [-0.4, -0.2) is 34.4 Å². The lowest BCUT2D eigenvalue weighted by molar-refractivity contribution is -0.144. The van der Waals surface area contributed by atoms with Gasteiger partial charge >= 0.3 is 5.97 Å². The molecule has 1 aliphatic rings. The maximum absolute atomic E-state index is 12.1. The molecule has 18 heavy (non-hydrogen) atoms. The van der Waals surface area contributed by atoms with E-state index in [0.29, 0.717) is 18.7 Å². The first-order chi connectivity index (χ1) is 8.63. The molecule has 2 heterocycles. The third kappa shape index (κ3) is 2.34. The van der Waals surface area contributed by atoms with Crippen molar-refractivity contribution in [2.24, 2.45) is 0 Å². The molecule has 0 unspecified atom stereocenters. The fourth-order valence-corrected chi connectivity index (χ4v) is 2.07. The summed E-state index contributed by atoms with van der Waals surface area (Å²) < 4.78 is 4.89. The summed E-state index contributed by atoms with van der Waals surface area (Å²) >= 11 is 0. The fraction of sp³-hybridized carbons (Fsp3) is 0.462. The predicted molar refractivity (Wildman–Crippen MR) is 64.8 cm³/mol. The van der Waals surface area contributed by atoms with Crippen molar-refractivity contribution in [3.05, 3.63) is 29.6 Å². The number of carbonyl (C=O) groups excluding carboxylic acids is 2. The van der Waals surface area contributed by atoms with Gasteiger partial charge in [-0.3, -0.25) is 14.6 Å². The Balaban J connectivity index is 2.04. The highest BCUT2D eigenvalue weighted by atomic mass is 16.5. The Bertz CT molecular complexity index is 473. The van der Waals surface area contributed by atoms with Crippen LogP contribution in [0.4, 0.5) is 0 Å². The SMILES string of the molecule is CCOC(=O)C[C@@H](C)N1Cc2ncccc2C1=O. The minimum Gasteiger partial charge on any atom is -0.466 e. The molecule has 0 spiro atoms.